The predicted molar refractivity (Wildman–Crippen MR) is 83.9 cm³/mol. The Kier molecular flexibility index (Phi) is 4.95. The van der Waals surface area contributed by atoms with Crippen LogP contribution in [-0.4, -0.2) is 29.1 Å². The standard InChI is InChI=1S/C17H20N2O2/c1-13-7-8-15(16(18)11-13)17(21)19(9-10-20)12-14-5-3-2-4-6-14/h2-8,11,20H,9-10,12,18H2,1H3. The van der Waals surface area contributed by atoms with Crippen molar-refractivity contribution in [3.05, 3.63) is 65.2 Å². The van der Waals surface area contributed by atoms with E-state index in [2.05, 4.69) is 0 Å². The highest BCUT2D eigenvalue weighted by Crippen LogP contribution is 2.17. The molecule has 0 aliphatic rings. The van der Waals surface area contributed by atoms with Crippen molar-refractivity contribution in [1.29, 1.82) is 0 Å². The van der Waals surface area contributed by atoms with Crippen LogP contribution in [0.25, 0.3) is 0 Å². The summed E-state index contributed by atoms with van der Waals surface area (Å²) in [6.07, 6.45) is 0. The molecule has 1 amide bonds. The second kappa shape index (κ2) is 6.90. The molecule has 0 atom stereocenters. The Morgan fingerprint density at radius 2 is 1.90 bits per heavy atom. The van der Waals surface area contributed by atoms with E-state index in [1.54, 1.807) is 17.0 Å². The average Bonchev–Trinajstić information content (AvgIpc) is 2.47. The first-order chi connectivity index (χ1) is 10.1. The Morgan fingerprint density at radius 3 is 2.52 bits per heavy atom. The molecule has 0 aliphatic heterocycles. The largest absolute Gasteiger partial charge is 0.398 e. The van der Waals surface area contributed by atoms with Crippen LogP contribution in [0.5, 0.6) is 0 Å². The number of amides is 1. The lowest BCUT2D eigenvalue weighted by atomic mass is 10.1. The Hall–Kier alpha value is -2.33. The number of rotatable bonds is 5. The Morgan fingerprint density at radius 1 is 1.19 bits per heavy atom. The molecule has 2 rings (SSSR count). The number of anilines is 1. The topological polar surface area (TPSA) is 66.6 Å². The van der Waals surface area contributed by atoms with Crippen molar-refractivity contribution in [2.24, 2.45) is 0 Å². The number of nitrogens with zero attached hydrogens (tertiary/aromatic N) is 1. The molecule has 2 aromatic carbocycles. The second-order valence-corrected chi connectivity index (χ2v) is 5.03. The zero-order chi connectivity index (χ0) is 15.2. The van der Waals surface area contributed by atoms with Gasteiger partial charge in [-0.05, 0) is 30.2 Å². The fraction of sp³-hybridized carbons (Fsp3) is 0.235. The zero-order valence-electron chi connectivity index (χ0n) is 12.1. The molecule has 0 bridgehead atoms. The second-order valence-electron chi connectivity index (χ2n) is 5.03. The first-order valence-electron chi connectivity index (χ1n) is 6.92. The minimum Gasteiger partial charge on any atom is -0.398 e. The van der Waals surface area contributed by atoms with Crippen LogP contribution < -0.4 is 5.73 Å². The summed E-state index contributed by atoms with van der Waals surface area (Å²) in [7, 11) is 0. The molecule has 4 nitrogen and oxygen atoms in total. The third-order valence-corrected chi connectivity index (χ3v) is 3.31. The number of nitrogens with two attached hydrogens (primary N) is 1. The lowest BCUT2D eigenvalue weighted by Crippen LogP contribution is -2.33. The lowest BCUT2D eigenvalue weighted by Gasteiger charge is -2.22. The van der Waals surface area contributed by atoms with Crippen molar-refractivity contribution in [2.75, 3.05) is 18.9 Å². The molecule has 0 aromatic heterocycles. The van der Waals surface area contributed by atoms with Crippen LogP contribution in [0.15, 0.2) is 48.5 Å². The minimum absolute atomic E-state index is 0.0790. The molecule has 3 N–H and O–H groups in total. The summed E-state index contributed by atoms with van der Waals surface area (Å²) in [4.78, 5) is 14.2. The van der Waals surface area contributed by atoms with Crippen LogP contribution in [0.1, 0.15) is 21.5 Å². The lowest BCUT2D eigenvalue weighted by molar-refractivity contribution is 0.0709. The van der Waals surface area contributed by atoms with Crippen LogP contribution in [0.2, 0.25) is 0 Å². The number of carbonyl (C=O) groups excluding carboxylic acids is 1. The van der Waals surface area contributed by atoms with Gasteiger partial charge >= 0.3 is 0 Å². The number of nitrogen functional groups attached to an aromatic ring is 1. The van der Waals surface area contributed by atoms with Gasteiger partial charge in [-0.15, -0.1) is 0 Å². The van der Waals surface area contributed by atoms with E-state index in [-0.39, 0.29) is 19.1 Å². The number of aliphatic hydroxyl groups excluding tert-OH is 1. The van der Waals surface area contributed by atoms with Gasteiger partial charge < -0.3 is 15.7 Å². The third-order valence-electron chi connectivity index (χ3n) is 3.31. The van der Waals surface area contributed by atoms with Gasteiger partial charge in [-0.3, -0.25) is 4.79 Å². The van der Waals surface area contributed by atoms with Crippen molar-refractivity contribution in [3.8, 4) is 0 Å². The van der Waals surface area contributed by atoms with E-state index in [1.165, 1.54) is 0 Å². The molecule has 0 aliphatic carbocycles. The summed E-state index contributed by atoms with van der Waals surface area (Å²) in [6.45, 7) is 2.58. The number of benzene rings is 2. The van der Waals surface area contributed by atoms with Gasteiger partial charge in [-0.2, -0.15) is 0 Å². The van der Waals surface area contributed by atoms with Crippen LogP contribution >= 0.6 is 0 Å². The van der Waals surface area contributed by atoms with E-state index in [9.17, 15) is 9.90 Å². The molecule has 0 saturated carbocycles. The molecule has 0 heterocycles. The summed E-state index contributed by atoms with van der Waals surface area (Å²) in [5, 5.41) is 9.20. The molecular formula is C17H20N2O2. The molecule has 110 valence electrons. The first-order valence-corrected chi connectivity index (χ1v) is 6.92. The molecule has 0 unspecified atom stereocenters. The van der Waals surface area contributed by atoms with E-state index < -0.39 is 0 Å². The molecule has 0 spiro atoms. The van der Waals surface area contributed by atoms with Crippen molar-refractivity contribution >= 4 is 11.6 Å². The molecule has 0 fully saturated rings. The quantitative estimate of drug-likeness (QED) is 0.827. The summed E-state index contributed by atoms with van der Waals surface area (Å²) in [5.74, 6) is -0.162. The smallest absolute Gasteiger partial charge is 0.256 e. The fourth-order valence-electron chi connectivity index (χ4n) is 2.22. The van der Waals surface area contributed by atoms with Crippen molar-refractivity contribution in [1.82, 2.24) is 4.90 Å². The highest BCUT2D eigenvalue weighted by Gasteiger charge is 2.18. The van der Waals surface area contributed by atoms with Gasteiger partial charge in [0, 0.05) is 18.8 Å². The van der Waals surface area contributed by atoms with Crippen LogP contribution in [0, 0.1) is 6.92 Å². The normalized spacial score (nSPS) is 10.4. The molecule has 21 heavy (non-hydrogen) atoms. The van der Waals surface area contributed by atoms with Crippen molar-refractivity contribution < 1.29 is 9.90 Å². The van der Waals surface area contributed by atoms with Crippen LogP contribution in [-0.2, 0) is 6.54 Å². The fourth-order valence-corrected chi connectivity index (χ4v) is 2.22. The maximum atomic E-state index is 12.6. The van der Waals surface area contributed by atoms with Crippen molar-refractivity contribution in [3.63, 3.8) is 0 Å². The molecule has 0 saturated heterocycles. The van der Waals surface area contributed by atoms with Gasteiger partial charge in [0.2, 0.25) is 0 Å². The van der Waals surface area contributed by atoms with Crippen LogP contribution in [0.4, 0.5) is 5.69 Å². The predicted octanol–water partition coefficient (Wildman–Crippen LogP) is 2.21. The number of carbonyl (C=O) groups is 1. The van der Waals surface area contributed by atoms with Crippen LogP contribution in [0.3, 0.4) is 0 Å². The Labute approximate surface area is 124 Å². The van der Waals surface area contributed by atoms with E-state index in [4.69, 9.17) is 5.73 Å². The Balaban J connectivity index is 2.23. The highest BCUT2D eigenvalue weighted by atomic mass is 16.3. The summed E-state index contributed by atoms with van der Waals surface area (Å²) >= 11 is 0. The number of aryl methyl sites for hydroxylation is 1. The SMILES string of the molecule is Cc1ccc(C(=O)N(CCO)Cc2ccccc2)c(N)c1. The summed E-state index contributed by atoms with van der Waals surface area (Å²) in [6, 6.07) is 15.1. The van der Waals surface area contributed by atoms with Gasteiger partial charge in [-0.1, -0.05) is 36.4 Å². The number of hydrogen-bond acceptors (Lipinski definition) is 3. The first kappa shape index (κ1) is 15.1. The maximum Gasteiger partial charge on any atom is 0.256 e. The number of hydrogen-bond donors (Lipinski definition) is 2. The summed E-state index contributed by atoms with van der Waals surface area (Å²) < 4.78 is 0. The van der Waals surface area contributed by atoms with Gasteiger partial charge in [0.15, 0.2) is 0 Å². The van der Waals surface area contributed by atoms with E-state index >= 15 is 0 Å². The maximum absolute atomic E-state index is 12.6. The Bertz CT molecular complexity index is 611. The van der Waals surface area contributed by atoms with Gasteiger partial charge in [0.1, 0.15) is 0 Å². The minimum atomic E-state index is -0.162. The van der Waals surface area contributed by atoms with Gasteiger partial charge in [-0.25, -0.2) is 0 Å². The summed E-state index contributed by atoms with van der Waals surface area (Å²) in [5.41, 5.74) is 8.92. The highest BCUT2D eigenvalue weighted by molar-refractivity contribution is 5.99. The molecule has 2 aromatic rings. The van der Waals surface area contributed by atoms with Gasteiger partial charge in [0.25, 0.3) is 5.91 Å². The zero-order valence-corrected chi connectivity index (χ0v) is 12.1. The van der Waals surface area contributed by atoms with E-state index in [0.29, 0.717) is 17.8 Å². The van der Waals surface area contributed by atoms with E-state index in [0.717, 1.165) is 11.1 Å². The van der Waals surface area contributed by atoms with Crippen molar-refractivity contribution in [2.45, 2.75) is 13.5 Å². The average molecular weight is 284 g/mol. The monoisotopic (exact) mass is 284 g/mol. The third kappa shape index (κ3) is 3.83. The number of aliphatic hydroxyl groups is 1. The van der Waals surface area contributed by atoms with E-state index in [1.807, 2.05) is 43.3 Å². The molecule has 4 heteroatoms. The molecule has 0 radical (unpaired) electrons. The molecular weight excluding hydrogens is 264 g/mol. The van der Waals surface area contributed by atoms with Gasteiger partial charge in [0.05, 0.1) is 12.2 Å².